The molecule has 0 bridgehead atoms. The van der Waals surface area contributed by atoms with Crippen molar-refractivity contribution in [3.63, 3.8) is 0 Å². The van der Waals surface area contributed by atoms with Crippen molar-refractivity contribution in [1.82, 2.24) is 15.1 Å². The van der Waals surface area contributed by atoms with Gasteiger partial charge in [-0.2, -0.15) is 4.98 Å². The molecule has 3 aromatic rings. The van der Waals surface area contributed by atoms with E-state index < -0.39 is 0 Å². The third-order valence-corrected chi connectivity index (χ3v) is 5.68. The molecular weight excluding hydrogens is 338 g/mol. The lowest BCUT2D eigenvalue weighted by Gasteiger charge is -2.55. The molecule has 0 radical (unpaired) electrons. The van der Waals surface area contributed by atoms with Crippen LogP contribution in [0.2, 0.25) is 0 Å². The molecule has 2 aliphatic heterocycles. The van der Waals surface area contributed by atoms with Gasteiger partial charge in [0.25, 0.3) is 0 Å². The lowest BCUT2D eigenvalue weighted by molar-refractivity contribution is 0.169. The molecule has 0 amide bonds. The van der Waals surface area contributed by atoms with E-state index in [0.29, 0.717) is 17.3 Å². The van der Waals surface area contributed by atoms with Gasteiger partial charge in [0.05, 0.1) is 0 Å². The standard InChI is InChI=1S/C21H23N5O/c1-16-12-18(8-10-22-16)26-14-21(15-26)9-5-11-25(13-21)20-23-19(24-27-20)17-6-3-2-4-7-17/h2-4,6-8,10,12H,5,9,11,13-15H2,1H3. The third-order valence-electron chi connectivity index (χ3n) is 5.68. The summed E-state index contributed by atoms with van der Waals surface area (Å²) in [6.45, 7) is 6.15. The first-order valence-electron chi connectivity index (χ1n) is 9.53. The molecule has 2 aliphatic rings. The van der Waals surface area contributed by atoms with Crippen LogP contribution in [0, 0.1) is 12.3 Å². The molecule has 4 heterocycles. The number of aryl methyl sites for hydroxylation is 1. The average molecular weight is 361 g/mol. The fourth-order valence-corrected chi connectivity index (χ4v) is 4.35. The fraction of sp³-hybridized carbons (Fsp3) is 0.381. The maximum absolute atomic E-state index is 5.59. The van der Waals surface area contributed by atoms with Crippen LogP contribution in [0.5, 0.6) is 0 Å². The Morgan fingerprint density at radius 3 is 2.67 bits per heavy atom. The lowest BCUT2D eigenvalue weighted by atomic mass is 9.73. The smallest absolute Gasteiger partial charge is 0.324 e. The van der Waals surface area contributed by atoms with E-state index >= 15 is 0 Å². The van der Waals surface area contributed by atoms with Crippen LogP contribution in [0.1, 0.15) is 18.5 Å². The van der Waals surface area contributed by atoms with Gasteiger partial charge in [-0.3, -0.25) is 4.98 Å². The van der Waals surface area contributed by atoms with E-state index in [-0.39, 0.29) is 0 Å². The number of rotatable bonds is 3. The molecule has 2 fully saturated rings. The molecule has 2 aromatic heterocycles. The number of piperidine rings is 1. The zero-order chi connectivity index (χ0) is 18.3. The summed E-state index contributed by atoms with van der Waals surface area (Å²) in [7, 11) is 0. The fourth-order valence-electron chi connectivity index (χ4n) is 4.35. The predicted molar refractivity (Wildman–Crippen MR) is 105 cm³/mol. The number of anilines is 2. The first-order chi connectivity index (χ1) is 13.2. The van der Waals surface area contributed by atoms with Crippen molar-refractivity contribution in [2.75, 3.05) is 36.0 Å². The van der Waals surface area contributed by atoms with Crippen LogP contribution < -0.4 is 9.80 Å². The van der Waals surface area contributed by atoms with E-state index in [9.17, 15) is 0 Å². The maximum atomic E-state index is 5.59. The van der Waals surface area contributed by atoms with Crippen molar-refractivity contribution in [1.29, 1.82) is 0 Å². The summed E-state index contributed by atoms with van der Waals surface area (Å²) >= 11 is 0. The second-order valence-electron chi connectivity index (χ2n) is 7.80. The largest absolute Gasteiger partial charge is 0.370 e. The van der Waals surface area contributed by atoms with Crippen LogP contribution >= 0.6 is 0 Å². The number of aromatic nitrogens is 3. The molecule has 0 aliphatic carbocycles. The van der Waals surface area contributed by atoms with E-state index in [4.69, 9.17) is 4.52 Å². The van der Waals surface area contributed by atoms with E-state index in [0.717, 1.165) is 43.9 Å². The molecule has 0 unspecified atom stereocenters. The molecule has 0 atom stereocenters. The quantitative estimate of drug-likeness (QED) is 0.711. The van der Waals surface area contributed by atoms with Crippen molar-refractivity contribution in [3.8, 4) is 11.4 Å². The van der Waals surface area contributed by atoms with Gasteiger partial charge in [0.15, 0.2) is 0 Å². The summed E-state index contributed by atoms with van der Waals surface area (Å²) < 4.78 is 5.59. The summed E-state index contributed by atoms with van der Waals surface area (Å²) in [5.41, 5.74) is 3.64. The van der Waals surface area contributed by atoms with E-state index in [1.165, 1.54) is 12.1 Å². The Kier molecular flexibility index (Phi) is 3.85. The second-order valence-corrected chi connectivity index (χ2v) is 7.80. The van der Waals surface area contributed by atoms with Gasteiger partial charge in [-0.1, -0.05) is 35.5 Å². The molecule has 0 saturated carbocycles. The molecule has 1 aromatic carbocycles. The normalized spacial score (nSPS) is 18.6. The molecule has 6 nitrogen and oxygen atoms in total. The number of benzene rings is 1. The summed E-state index contributed by atoms with van der Waals surface area (Å²) in [5, 5.41) is 4.18. The molecule has 2 saturated heterocycles. The first-order valence-corrected chi connectivity index (χ1v) is 9.53. The minimum absolute atomic E-state index is 0.316. The van der Waals surface area contributed by atoms with Crippen molar-refractivity contribution in [3.05, 3.63) is 54.4 Å². The summed E-state index contributed by atoms with van der Waals surface area (Å²) in [4.78, 5) is 13.7. The summed E-state index contributed by atoms with van der Waals surface area (Å²) in [5.74, 6) is 0.660. The lowest BCUT2D eigenvalue weighted by Crippen LogP contribution is -2.63. The minimum atomic E-state index is 0.316. The van der Waals surface area contributed by atoms with Crippen molar-refractivity contribution >= 4 is 11.7 Å². The van der Waals surface area contributed by atoms with Gasteiger partial charge in [-0.25, -0.2) is 0 Å². The highest BCUT2D eigenvalue weighted by atomic mass is 16.5. The first kappa shape index (κ1) is 16.3. The second kappa shape index (κ2) is 6.37. The molecule has 0 N–H and O–H groups in total. The van der Waals surface area contributed by atoms with E-state index in [1.807, 2.05) is 43.5 Å². The third kappa shape index (κ3) is 3.05. The zero-order valence-corrected chi connectivity index (χ0v) is 15.5. The molecular formula is C21H23N5O. The van der Waals surface area contributed by atoms with Crippen LogP contribution in [0.15, 0.2) is 53.2 Å². The number of pyridine rings is 1. The van der Waals surface area contributed by atoms with E-state index in [2.05, 4.69) is 37.1 Å². The Balaban J connectivity index is 1.29. The molecule has 138 valence electrons. The Hall–Kier alpha value is -2.89. The summed E-state index contributed by atoms with van der Waals surface area (Å²) in [6, 6.07) is 14.9. The highest BCUT2D eigenvalue weighted by molar-refractivity contribution is 5.55. The Labute approximate surface area is 158 Å². The van der Waals surface area contributed by atoms with Gasteiger partial charge in [0.2, 0.25) is 5.82 Å². The highest BCUT2D eigenvalue weighted by Crippen LogP contribution is 2.42. The van der Waals surface area contributed by atoms with Crippen LogP contribution in [0.4, 0.5) is 11.7 Å². The topological polar surface area (TPSA) is 58.3 Å². The number of hydrogen-bond donors (Lipinski definition) is 0. The number of hydrogen-bond acceptors (Lipinski definition) is 6. The van der Waals surface area contributed by atoms with Crippen LogP contribution in [-0.2, 0) is 0 Å². The number of nitrogens with zero attached hydrogens (tertiary/aromatic N) is 5. The molecule has 1 spiro atoms. The maximum Gasteiger partial charge on any atom is 0.324 e. The van der Waals surface area contributed by atoms with Gasteiger partial charge in [0, 0.05) is 54.7 Å². The van der Waals surface area contributed by atoms with Gasteiger partial charge in [-0.15, -0.1) is 0 Å². The van der Waals surface area contributed by atoms with Crippen LogP contribution in [0.25, 0.3) is 11.4 Å². The van der Waals surface area contributed by atoms with E-state index in [1.54, 1.807) is 0 Å². The van der Waals surface area contributed by atoms with Gasteiger partial charge < -0.3 is 14.3 Å². The summed E-state index contributed by atoms with van der Waals surface area (Å²) in [6.07, 6.45) is 4.31. The molecule has 6 heteroatoms. The minimum Gasteiger partial charge on any atom is -0.370 e. The Morgan fingerprint density at radius 1 is 1.04 bits per heavy atom. The molecule has 5 rings (SSSR count). The van der Waals surface area contributed by atoms with Gasteiger partial charge in [0.1, 0.15) is 0 Å². The molecule has 27 heavy (non-hydrogen) atoms. The Morgan fingerprint density at radius 2 is 1.85 bits per heavy atom. The van der Waals surface area contributed by atoms with Crippen LogP contribution in [0.3, 0.4) is 0 Å². The monoisotopic (exact) mass is 361 g/mol. The highest BCUT2D eigenvalue weighted by Gasteiger charge is 2.46. The zero-order valence-electron chi connectivity index (χ0n) is 15.5. The van der Waals surface area contributed by atoms with Crippen molar-refractivity contribution < 1.29 is 4.52 Å². The Bertz CT molecular complexity index is 933. The average Bonchev–Trinajstić information content (AvgIpc) is 3.17. The SMILES string of the molecule is Cc1cc(N2CC3(CCCN(c4nc(-c5ccccc5)no4)C3)C2)ccn1. The predicted octanol–water partition coefficient (Wildman–Crippen LogP) is 3.55. The van der Waals surface area contributed by atoms with Crippen molar-refractivity contribution in [2.45, 2.75) is 19.8 Å². The van der Waals surface area contributed by atoms with Crippen LogP contribution in [-0.4, -0.2) is 41.3 Å². The van der Waals surface area contributed by atoms with Gasteiger partial charge in [-0.05, 0) is 31.9 Å². The van der Waals surface area contributed by atoms with Crippen molar-refractivity contribution in [2.24, 2.45) is 5.41 Å². The van der Waals surface area contributed by atoms with Gasteiger partial charge >= 0.3 is 6.01 Å².